The van der Waals surface area contributed by atoms with E-state index in [0.717, 1.165) is 30.5 Å². The van der Waals surface area contributed by atoms with Crippen molar-refractivity contribution < 1.29 is 9.59 Å². The molecule has 3 heteroatoms. The molecule has 1 aromatic rings. The van der Waals surface area contributed by atoms with E-state index in [1.165, 1.54) is 5.56 Å². The second-order valence-electron chi connectivity index (χ2n) is 5.79. The molecule has 1 aromatic carbocycles. The van der Waals surface area contributed by atoms with Gasteiger partial charge in [0.15, 0.2) is 5.78 Å². The summed E-state index contributed by atoms with van der Waals surface area (Å²) in [4.78, 5) is 26.4. The van der Waals surface area contributed by atoms with Gasteiger partial charge in [-0.05, 0) is 24.0 Å². The molecule has 19 heavy (non-hydrogen) atoms. The number of carbonyl (C=O) groups is 2. The van der Waals surface area contributed by atoms with Crippen molar-refractivity contribution in [2.24, 2.45) is 5.92 Å². The van der Waals surface area contributed by atoms with Crippen LogP contribution in [0.15, 0.2) is 18.2 Å². The van der Waals surface area contributed by atoms with Crippen molar-refractivity contribution in [1.29, 1.82) is 0 Å². The molecule has 1 heterocycles. The molecule has 0 saturated carbocycles. The lowest BCUT2D eigenvalue weighted by molar-refractivity contribution is -0.137. The van der Waals surface area contributed by atoms with Crippen LogP contribution < -0.4 is 0 Å². The van der Waals surface area contributed by atoms with Gasteiger partial charge in [0.2, 0.25) is 5.91 Å². The number of Topliss-reactive ketones (excluding diaryl/α,β-unsaturated/α-hetero) is 1. The SMILES string of the molecule is CC(C)C(=O)N1CCc2cccc3c2C1CCC3=O. The maximum atomic E-state index is 12.3. The first-order chi connectivity index (χ1) is 9.09. The van der Waals surface area contributed by atoms with Gasteiger partial charge in [0, 0.05) is 24.4 Å². The van der Waals surface area contributed by atoms with Gasteiger partial charge in [0.05, 0.1) is 6.04 Å². The molecule has 1 unspecified atom stereocenters. The van der Waals surface area contributed by atoms with Crippen molar-refractivity contribution in [2.45, 2.75) is 39.2 Å². The summed E-state index contributed by atoms with van der Waals surface area (Å²) in [6.45, 7) is 4.67. The highest BCUT2D eigenvalue weighted by Gasteiger charge is 2.37. The molecule has 0 spiro atoms. The molecule has 1 aliphatic carbocycles. The quantitative estimate of drug-likeness (QED) is 0.775. The van der Waals surface area contributed by atoms with E-state index in [9.17, 15) is 9.59 Å². The third-order valence-corrected chi connectivity index (χ3v) is 4.25. The van der Waals surface area contributed by atoms with Gasteiger partial charge in [-0.25, -0.2) is 0 Å². The number of ketones is 1. The van der Waals surface area contributed by atoms with Crippen LogP contribution in [0.4, 0.5) is 0 Å². The molecule has 0 fully saturated rings. The average molecular weight is 257 g/mol. The van der Waals surface area contributed by atoms with Crippen LogP contribution in [0, 0.1) is 5.92 Å². The first kappa shape index (κ1) is 12.4. The van der Waals surface area contributed by atoms with Crippen LogP contribution in [0.25, 0.3) is 0 Å². The van der Waals surface area contributed by atoms with E-state index >= 15 is 0 Å². The van der Waals surface area contributed by atoms with Crippen molar-refractivity contribution in [3.05, 3.63) is 34.9 Å². The Hall–Kier alpha value is -1.64. The number of hydrogen-bond acceptors (Lipinski definition) is 2. The highest BCUT2D eigenvalue weighted by molar-refractivity contribution is 5.99. The second-order valence-corrected chi connectivity index (χ2v) is 5.79. The van der Waals surface area contributed by atoms with Gasteiger partial charge in [-0.2, -0.15) is 0 Å². The smallest absolute Gasteiger partial charge is 0.225 e. The molecule has 3 rings (SSSR count). The van der Waals surface area contributed by atoms with E-state index < -0.39 is 0 Å². The normalized spacial score (nSPS) is 21.5. The number of amides is 1. The molecule has 3 nitrogen and oxygen atoms in total. The summed E-state index contributed by atoms with van der Waals surface area (Å²) in [7, 11) is 0. The third kappa shape index (κ3) is 1.88. The summed E-state index contributed by atoms with van der Waals surface area (Å²) >= 11 is 0. The van der Waals surface area contributed by atoms with Crippen LogP contribution in [-0.4, -0.2) is 23.1 Å². The zero-order valence-corrected chi connectivity index (χ0v) is 11.5. The molecule has 2 aliphatic rings. The molecule has 1 amide bonds. The fraction of sp³-hybridized carbons (Fsp3) is 0.500. The molecule has 0 N–H and O–H groups in total. The Bertz CT molecular complexity index is 548. The summed E-state index contributed by atoms with van der Waals surface area (Å²) in [5.41, 5.74) is 3.22. The molecule has 100 valence electrons. The average Bonchev–Trinajstić information content (AvgIpc) is 2.42. The minimum Gasteiger partial charge on any atom is -0.335 e. The highest BCUT2D eigenvalue weighted by Crippen LogP contribution is 2.40. The predicted octanol–water partition coefficient (Wildman–Crippen LogP) is 2.74. The third-order valence-electron chi connectivity index (χ3n) is 4.25. The Morgan fingerprint density at radius 2 is 2.11 bits per heavy atom. The number of rotatable bonds is 1. The molecule has 0 radical (unpaired) electrons. The Labute approximate surface area is 113 Å². The van der Waals surface area contributed by atoms with Gasteiger partial charge in [0.1, 0.15) is 0 Å². The van der Waals surface area contributed by atoms with Gasteiger partial charge in [-0.1, -0.05) is 32.0 Å². The van der Waals surface area contributed by atoms with Crippen molar-refractivity contribution in [2.75, 3.05) is 6.54 Å². The van der Waals surface area contributed by atoms with Gasteiger partial charge in [0.25, 0.3) is 0 Å². The predicted molar refractivity (Wildman–Crippen MR) is 73.0 cm³/mol. The Kier molecular flexibility index (Phi) is 2.92. The molecule has 0 saturated heterocycles. The molecular weight excluding hydrogens is 238 g/mol. The van der Waals surface area contributed by atoms with Crippen molar-refractivity contribution >= 4 is 11.7 Å². The topological polar surface area (TPSA) is 37.4 Å². The lowest BCUT2D eigenvalue weighted by Crippen LogP contribution is -2.44. The summed E-state index contributed by atoms with van der Waals surface area (Å²) in [6, 6.07) is 6.10. The number of nitrogens with zero attached hydrogens (tertiary/aromatic N) is 1. The van der Waals surface area contributed by atoms with E-state index in [1.807, 2.05) is 30.9 Å². The largest absolute Gasteiger partial charge is 0.335 e. The second kappa shape index (κ2) is 4.48. The van der Waals surface area contributed by atoms with Gasteiger partial charge in [-0.15, -0.1) is 0 Å². The standard InChI is InChI=1S/C16H19NO2/c1-10(2)16(19)17-9-8-11-4-3-5-12-14(18)7-6-13(17)15(11)12/h3-5,10,13H,6-9H2,1-2H3. The van der Waals surface area contributed by atoms with E-state index in [4.69, 9.17) is 0 Å². The summed E-state index contributed by atoms with van der Waals surface area (Å²) in [6.07, 6.45) is 2.20. The van der Waals surface area contributed by atoms with E-state index in [-0.39, 0.29) is 23.7 Å². The van der Waals surface area contributed by atoms with E-state index in [2.05, 4.69) is 6.07 Å². The fourth-order valence-electron chi connectivity index (χ4n) is 3.32. The molecule has 0 aromatic heterocycles. The number of carbonyl (C=O) groups excluding carboxylic acids is 2. The maximum Gasteiger partial charge on any atom is 0.225 e. The first-order valence-electron chi connectivity index (χ1n) is 7.05. The Morgan fingerprint density at radius 3 is 2.84 bits per heavy atom. The fourth-order valence-corrected chi connectivity index (χ4v) is 3.32. The zero-order valence-electron chi connectivity index (χ0n) is 11.5. The van der Waals surface area contributed by atoms with Crippen LogP contribution in [0.5, 0.6) is 0 Å². The lowest BCUT2D eigenvalue weighted by atomic mass is 9.79. The van der Waals surface area contributed by atoms with Gasteiger partial charge < -0.3 is 4.90 Å². The van der Waals surface area contributed by atoms with E-state index in [0.29, 0.717) is 6.42 Å². The van der Waals surface area contributed by atoms with Gasteiger partial charge in [-0.3, -0.25) is 9.59 Å². The van der Waals surface area contributed by atoms with Crippen LogP contribution >= 0.6 is 0 Å². The summed E-state index contributed by atoms with van der Waals surface area (Å²) in [5.74, 6) is 0.457. The van der Waals surface area contributed by atoms with E-state index in [1.54, 1.807) is 0 Å². The monoisotopic (exact) mass is 257 g/mol. The molecular formula is C16H19NO2. The van der Waals surface area contributed by atoms with Crippen LogP contribution in [0.3, 0.4) is 0 Å². The maximum absolute atomic E-state index is 12.3. The summed E-state index contributed by atoms with van der Waals surface area (Å²) in [5, 5.41) is 0. The molecule has 1 aliphatic heterocycles. The molecule has 1 atom stereocenters. The minimum absolute atomic E-state index is 0.0198. The summed E-state index contributed by atoms with van der Waals surface area (Å²) < 4.78 is 0. The minimum atomic E-state index is 0.0198. The van der Waals surface area contributed by atoms with Crippen LogP contribution in [0.1, 0.15) is 54.2 Å². The Morgan fingerprint density at radius 1 is 1.32 bits per heavy atom. The Balaban J connectivity index is 2.06. The zero-order chi connectivity index (χ0) is 13.6. The van der Waals surface area contributed by atoms with Crippen LogP contribution in [-0.2, 0) is 11.2 Å². The number of hydrogen-bond donors (Lipinski definition) is 0. The van der Waals surface area contributed by atoms with Crippen molar-refractivity contribution in [3.8, 4) is 0 Å². The molecule has 0 bridgehead atoms. The first-order valence-corrected chi connectivity index (χ1v) is 7.05. The lowest BCUT2D eigenvalue weighted by Gasteiger charge is -2.41. The number of benzene rings is 1. The highest BCUT2D eigenvalue weighted by atomic mass is 16.2. The van der Waals surface area contributed by atoms with Crippen molar-refractivity contribution in [1.82, 2.24) is 4.90 Å². The van der Waals surface area contributed by atoms with Gasteiger partial charge >= 0.3 is 0 Å². The van der Waals surface area contributed by atoms with Crippen LogP contribution in [0.2, 0.25) is 0 Å². The van der Waals surface area contributed by atoms with Crippen molar-refractivity contribution in [3.63, 3.8) is 0 Å².